The van der Waals surface area contributed by atoms with Crippen LogP contribution >= 0.6 is 0 Å². The van der Waals surface area contributed by atoms with Crippen LogP contribution in [0.2, 0.25) is 0 Å². The largest absolute Gasteiger partial charge is 0.369 e. The molecule has 4 heterocycles. The summed E-state index contributed by atoms with van der Waals surface area (Å²) < 4.78 is 2.02. The topological polar surface area (TPSA) is 60.5 Å². The van der Waals surface area contributed by atoms with Crippen LogP contribution in [-0.2, 0) is 0 Å². The van der Waals surface area contributed by atoms with Crippen molar-refractivity contribution in [3.05, 3.63) is 48.2 Å². The number of aromatic nitrogens is 3. The molecule has 1 saturated heterocycles. The number of imidazole rings is 1. The van der Waals surface area contributed by atoms with Crippen LogP contribution in [0.4, 0.5) is 5.69 Å². The summed E-state index contributed by atoms with van der Waals surface area (Å²) in [4.78, 5) is 14.0. The van der Waals surface area contributed by atoms with Crippen molar-refractivity contribution in [3.63, 3.8) is 0 Å². The fourth-order valence-corrected chi connectivity index (χ4v) is 4.14. The molecule has 1 atom stereocenters. The zero-order valence-electron chi connectivity index (χ0n) is 15.4. The normalized spacial score (nSPS) is 17.4. The van der Waals surface area contributed by atoms with Crippen LogP contribution in [0.25, 0.3) is 27.7 Å². The molecule has 3 aromatic heterocycles. The molecule has 0 amide bonds. The smallest absolute Gasteiger partial charge is 0.157 e. The second-order valence-corrected chi connectivity index (χ2v) is 7.35. The van der Waals surface area contributed by atoms with Crippen molar-refractivity contribution in [1.82, 2.24) is 19.3 Å². The maximum absolute atomic E-state index is 9.75. The van der Waals surface area contributed by atoms with Crippen molar-refractivity contribution in [2.75, 3.05) is 32.1 Å². The number of rotatable bonds is 2. The second kappa shape index (κ2) is 5.93. The molecule has 1 aliphatic heterocycles. The standard InChI is InChI=1S/C21H20N6/c1-25(2)15-8-10-26(13-15)18-7-9-23-21-16(18)11-14(12-22)20-24-17-5-3-4-6-19(17)27(20)21/h3-7,9,11,15H,8,10,13H2,1-2H3. The molecule has 0 radical (unpaired) electrons. The molecule has 27 heavy (non-hydrogen) atoms. The Labute approximate surface area is 157 Å². The lowest BCUT2D eigenvalue weighted by Gasteiger charge is -2.23. The van der Waals surface area contributed by atoms with Gasteiger partial charge >= 0.3 is 0 Å². The van der Waals surface area contributed by atoms with Crippen LogP contribution in [0.15, 0.2) is 42.6 Å². The van der Waals surface area contributed by atoms with Gasteiger partial charge in [-0.25, -0.2) is 9.97 Å². The first kappa shape index (κ1) is 16.0. The lowest BCUT2D eigenvalue weighted by atomic mass is 10.1. The molecule has 6 heteroatoms. The highest BCUT2D eigenvalue weighted by molar-refractivity contribution is 5.97. The van der Waals surface area contributed by atoms with E-state index in [1.165, 1.54) is 0 Å². The summed E-state index contributed by atoms with van der Waals surface area (Å²) in [5, 5.41) is 10.8. The van der Waals surface area contributed by atoms with Gasteiger partial charge in [0.2, 0.25) is 0 Å². The highest BCUT2D eigenvalue weighted by Crippen LogP contribution is 2.32. The minimum absolute atomic E-state index is 0.543. The highest BCUT2D eigenvalue weighted by atomic mass is 15.2. The van der Waals surface area contributed by atoms with Gasteiger partial charge in [-0.1, -0.05) is 12.1 Å². The minimum atomic E-state index is 0.543. The van der Waals surface area contributed by atoms with E-state index in [1.807, 2.05) is 40.9 Å². The molecule has 5 rings (SSSR count). The van der Waals surface area contributed by atoms with Crippen molar-refractivity contribution in [2.24, 2.45) is 0 Å². The Balaban J connectivity index is 1.80. The van der Waals surface area contributed by atoms with Crippen LogP contribution in [-0.4, -0.2) is 52.5 Å². The van der Waals surface area contributed by atoms with Gasteiger partial charge in [-0.3, -0.25) is 4.40 Å². The van der Waals surface area contributed by atoms with E-state index in [0.717, 1.165) is 47.3 Å². The third-order valence-electron chi connectivity index (χ3n) is 5.60. The van der Waals surface area contributed by atoms with Crippen molar-refractivity contribution >= 4 is 33.4 Å². The van der Waals surface area contributed by atoms with Crippen molar-refractivity contribution in [3.8, 4) is 6.07 Å². The molecule has 4 aromatic rings. The second-order valence-electron chi connectivity index (χ2n) is 7.35. The first-order valence-corrected chi connectivity index (χ1v) is 9.18. The molecule has 0 bridgehead atoms. The van der Waals surface area contributed by atoms with E-state index in [9.17, 15) is 5.26 Å². The highest BCUT2D eigenvalue weighted by Gasteiger charge is 2.26. The Morgan fingerprint density at radius 1 is 1.19 bits per heavy atom. The summed E-state index contributed by atoms with van der Waals surface area (Å²) in [5.41, 5.74) is 5.10. The predicted octanol–water partition coefficient (Wildman–Crippen LogP) is 3.05. The Hall–Kier alpha value is -3.17. The third kappa shape index (κ3) is 2.36. The van der Waals surface area contributed by atoms with Crippen LogP contribution < -0.4 is 4.90 Å². The predicted molar refractivity (Wildman–Crippen MR) is 107 cm³/mol. The van der Waals surface area contributed by atoms with E-state index < -0.39 is 0 Å². The summed E-state index contributed by atoms with van der Waals surface area (Å²) in [6.45, 7) is 1.99. The Morgan fingerprint density at radius 3 is 2.81 bits per heavy atom. The summed E-state index contributed by atoms with van der Waals surface area (Å²) in [7, 11) is 4.27. The van der Waals surface area contributed by atoms with E-state index in [0.29, 0.717) is 17.3 Å². The van der Waals surface area contributed by atoms with Crippen molar-refractivity contribution < 1.29 is 0 Å². The van der Waals surface area contributed by atoms with Gasteiger partial charge in [0.15, 0.2) is 5.65 Å². The van der Waals surface area contributed by atoms with Gasteiger partial charge in [-0.15, -0.1) is 0 Å². The molecule has 134 valence electrons. The number of nitrogens with zero attached hydrogens (tertiary/aromatic N) is 6. The van der Waals surface area contributed by atoms with Gasteiger partial charge in [-0.2, -0.15) is 5.26 Å². The number of likely N-dealkylation sites (N-methyl/N-ethyl adjacent to an activating group) is 1. The molecule has 1 fully saturated rings. The van der Waals surface area contributed by atoms with Crippen LogP contribution in [0.3, 0.4) is 0 Å². The number of nitriles is 1. The average Bonchev–Trinajstić information content (AvgIpc) is 3.32. The average molecular weight is 356 g/mol. The number of fused-ring (bicyclic) bond motifs is 5. The molecular weight excluding hydrogens is 336 g/mol. The summed E-state index contributed by atoms with van der Waals surface area (Å²) in [5.74, 6) is 0. The van der Waals surface area contributed by atoms with E-state index in [4.69, 9.17) is 0 Å². The van der Waals surface area contributed by atoms with Gasteiger partial charge in [0.1, 0.15) is 11.7 Å². The first-order chi connectivity index (χ1) is 13.2. The molecular formula is C21H20N6. The SMILES string of the molecule is CN(C)C1CCN(c2ccnc3c2cc(C#N)c2nc4ccccc4n23)C1. The Kier molecular flexibility index (Phi) is 3.52. The Bertz CT molecular complexity index is 1220. The molecule has 1 aromatic carbocycles. The zero-order chi connectivity index (χ0) is 18.5. The van der Waals surface area contributed by atoms with Crippen LogP contribution in [0.5, 0.6) is 0 Å². The van der Waals surface area contributed by atoms with Gasteiger partial charge in [0, 0.05) is 36.4 Å². The third-order valence-corrected chi connectivity index (χ3v) is 5.60. The van der Waals surface area contributed by atoms with Crippen molar-refractivity contribution in [2.45, 2.75) is 12.5 Å². The summed E-state index contributed by atoms with van der Waals surface area (Å²) >= 11 is 0. The maximum atomic E-state index is 9.75. The quantitative estimate of drug-likeness (QED) is 0.552. The monoisotopic (exact) mass is 356 g/mol. The van der Waals surface area contributed by atoms with E-state index in [1.54, 1.807) is 0 Å². The lowest BCUT2D eigenvalue weighted by molar-refractivity contribution is 0.315. The number of pyridine rings is 2. The molecule has 1 aliphatic rings. The van der Waals surface area contributed by atoms with Crippen molar-refractivity contribution in [1.29, 1.82) is 5.26 Å². The fourth-order valence-electron chi connectivity index (χ4n) is 4.14. The molecule has 0 spiro atoms. The number of anilines is 1. The minimum Gasteiger partial charge on any atom is -0.369 e. The number of hydrogen-bond acceptors (Lipinski definition) is 5. The van der Waals surface area contributed by atoms with Gasteiger partial charge in [-0.05, 0) is 44.8 Å². The Morgan fingerprint density at radius 2 is 2.04 bits per heavy atom. The number of hydrogen-bond donors (Lipinski definition) is 0. The van der Waals surface area contributed by atoms with Gasteiger partial charge in [0.05, 0.1) is 16.6 Å². The van der Waals surface area contributed by atoms with Gasteiger partial charge in [0.25, 0.3) is 0 Å². The number of para-hydroxylation sites is 2. The first-order valence-electron chi connectivity index (χ1n) is 9.18. The van der Waals surface area contributed by atoms with E-state index in [2.05, 4.69) is 46.0 Å². The number of benzene rings is 1. The summed E-state index contributed by atoms with van der Waals surface area (Å²) in [6, 6.07) is 14.8. The maximum Gasteiger partial charge on any atom is 0.157 e. The van der Waals surface area contributed by atoms with Gasteiger partial charge < -0.3 is 9.80 Å². The molecule has 0 N–H and O–H groups in total. The van der Waals surface area contributed by atoms with E-state index >= 15 is 0 Å². The molecule has 0 saturated carbocycles. The fraction of sp³-hybridized carbons (Fsp3) is 0.286. The van der Waals surface area contributed by atoms with Crippen LogP contribution in [0.1, 0.15) is 12.0 Å². The molecule has 6 nitrogen and oxygen atoms in total. The molecule has 1 unspecified atom stereocenters. The molecule has 0 aliphatic carbocycles. The van der Waals surface area contributed by atoms with Crippen LogP contribution in [0, 0.1) is 11.3 Å². The summed E-state index contributed by atoms with van der Waals surface area (Å²) in [6.07, 6.45) is 3.00. The van der Waals surface area contributed by atoms with E-state index in [-0.39, 0.29) is 0 Å². The zero-order valence-corrected chi connectivity index (χ0v) is 15.4. The lowest BCUT2D eigenvalue weighted by Crippen LogP contribution is -2.31.